The van der Waals surface area contributed by atoms with E-state index in [1.807, 2.05) is 0 Å². The van der Waals surface area contributed by atoms with E-state index in [0.29, 0.717) is 24.0 Å². The molecular formula is C19H27NO. The molecule has 114 valence electrons. The van der Waals surface area contributed by atoms with E-state index in [-0.39, 0.29) is 0 Å². The number of carbonyl (C=O) groups is 1. The molecule has 1 saturated heterocycles. The predicted molar refractivity (Wildman–Crippen MR) is 86.6 cm³/mol. The SMILES string of the molecule is CC(CC(=O)Cc1ccc2c(c1)CCC2)C1CCCNC1. The molecule has 2 atom stereocenters. The number of benzene rings is 1. The van der Waals surface area contributed by atoms with Crippen molar-refractivity contribution in [2.45, 2.75) is 51.9 Å². The lowest BCUT2D eigenvalue weighted by Crippen LogP contribution is -2.34. The molecule has 0 bridgehead atoms. The van der Waals surface area contributed by atoms with E-state index in [1.165, 1.54) is 48.8 Å². The quantitative estimate of drug-likeness (QED) is 0.899. The molecule has 0 radical (unpaired) electrons. The van der Waals surface area contributed by atoms with Gasteiger partial charge in [0.15, 0.2) is 0 Å². The van der Waals surface area contributed by atoms with E-state index in [2.05, 4.69) is 30.4 Å². The Labute approximate surface area is 128 Å². The lowest BCUT2D eigenvalue weighted by molar-refractivity contribution is -0.119. The minimum absolute atomic E-state index is 0.408. The molecule has 2 heteroatoms. The van der Waals surface area contributed by atoms with Gasteiger partial charge in [-0.15, -0.1) is 0 Å². The van der Waals surface area contributed by atoms with E-state index in [0.717, 1.165) is 19.5 Å². The van der Waals surface area contributed by atoms with Crippen LogP contribution in [0.5, 0.6) is 0 Å². The first-order valence-corrected chi connectivity index (χ1v) is 8.55. The van der Waals surface area contributed by atoms with Crippen LogP contribution in [0.25, 0.3) is 0 Å². The number of Topliss-reactive ketones (excluding diaryl/α,β-unsaturated/α-hetero) is 1. The van der Waals surface area contributed by atoms with Crippen LogP contribution in [0.15, 0.2) is 18.2 Å². The maximum absolute atomic E-state index is 12.3. The number of rotatable bonds is 5. The highest BCUT2D eigenvalue weighted by atomic mass is 16.1. The molecule has 21 heavy (non-hydrogen) atoms. The minimum atomic E-state index is 0.408. The van der Waals surface area contributed by atoms with Crippen LogP contribution in [-0.4, -0.2) is 18.9 Å². The summed E-state index contributed by atoms with van der Waals surface area (Å²) in [5.41, 5.74) is 4.19. The zero-order valence-corrected chi connectivity index (χ0v) is 13.2. The first-order chi connectivity index (χ1) is 10.2. The summed E-state index contributed by atoms with van der Waals surface area (Å²) in [6.07, 6.45) is 7.59. The van der Waals surface area contributed by atoms with Gasteiger partial charge in [0.2, 0.25) is 0 Å². The van der Waals surface area contributed by atoms with Crippen LogP contribution in [0.1, 0.15) is 49.3 Å². The van der Waals surface area contributed by atoms with Gasteiger partial charge in [-0.2, -0.15) is 0 Å². The topological polar surface area (TPSA) is 29.1 Å². The number of nitrogens with one attached hydrogen (secondary N) is 1. The van der Waals surface area contributed by atoms with Gasteiger partial charge in [0, 0.05) is 12.8 Å². The highest BCUT2D eigenvalue weighted by Gasteiger charge is 2.22. The molecular weight excluding hydrogens is 258 g/mol. The summed E-state index contributed by atoms with van der Waals surface area (Å²) in [4.78, 5) is 12.3. The second-order valence-corrected chi connectivity index (χ2v) is 6.96. The average Bonchev–Trinajstić information content (AvgIpc) is 2.95. The van der Waals surface area contributed by atoms with Crippen molar-refractivity contribution < 1.29 is 4.79 Å². The van der Waals surface area contributed by atoms with Crippen LogP contribution in [0.3, 0.4) is 0 Å². The Morgan fingerprint density at radius 2 is 2.14 bits per heavy atom. The Kier molecular flexibility index (Phi) is 4.74. The summed E-state index contributed by atoms with van der Waals surface area (Å²) in [5, 5.41) is 3.46. The van der Waals surface area contributed by atoms with Crippen molar-refractivity contribution in [2.24, 2.45) is 11.8 Å². The highest BCUT2D eigenvalue weighted by Crippen LogP contribution is 2.25. The van der Waals surface area contributed by atoms with Gasteiger partial charge in [-0.1, -0.05) is 25.1 Å². The van der Waals surface area contributed by atoms with Gasteiger partial charge in [-0.05, 0) is 73.7 Å². The summed E-state index contributed by atoms with van der Waals surface area (Å²) in [6.45, 7) is 4.48. The van der Waals surface area contributed by atoms with Crippen LogP contribution in [-0.2, 0) is 24.1 Å². The van der Waals surface area contributed by atoms with Crippen molar-refractivity contribution in [3.63, 3.8) is 0 Å². The number of aryl methyl sites for hydroxylation is 2. The molecule has 1 aromatic carbocycles. The summed E-state index contributed by atoms with van der Waals surface area (Å²) < 4.78 is 0. The third kappa shape index (κ3) is 3.74. The van der Waals surface area contributed by atoms with Gasteiger partial charge in [-0.25, -0.2) is 0 Å². The predicted octanol–water partition coefficient (Wildman–Crippen LogP) is 3.31. The fraction of sp³-hybridized carbons (Fsp3) is 0.632. The molecule has 1 aliphatic heterocycles. The van der Waals surface area contributed by atoms with E-state index in [1.54, 1.807) is 0 Å². The zero-order chi connectivity index (χ0) is 14.7. The molecule has 1 N–H and O–H groups in total. The van der Waals surface area contributed by atoms with Gasteiger partial charge in [-0.3, -0.25) is 4.79 Å². The van der Waals surface area contributed by atoms with Crippen LogP contribution in [0.2, 0.25) is 0 Å². The van der Waals surface area contributed by atoms with E-state index >= 15 is 0 Å². The Balaban J connectivity index is 1.53. The monoisotopic (exact) mass is 285 g/mol. The van der Waals surface area contributed by atoms with Crippen molar-refractivity contribution in [2.75, 3.05) is 13.1 Å². The Hall–Kier alpha value is -1.15. The van der Waals surface area contributed by atoms with Crippen molar-refractivity contribution in [3.8, 4) is 0 Å². The standard InChI is InChI=1S/C19H27NO/c1-14(18-6-3-9-20-13-18)10-19(21)12-15-7-8-16-4-2-5-17(16)11-15/h7-8,11,14,18,20H,2-6,9-10,12-13H2,1H3. The van der Waals surface area contributed by atoms with Gasteiger partial charge in [0.25, 0.3) is 0 Å². The molecule has 2 unspecified atom stereocenters. The molecule has 0 aromatic heterocycles. The number of carbonyl (C=O) groups excluding carboxylic acids is 1. The molecule has 0 amide bonds. The minimum Gasteiger partial charge on any atom is -0.316 e. The largest absolute Gasteiger partial charge is 0.316 e. The Morgan fingerprint density at radius 1 is 1.29 bits per heavy atom. The molecule has 1 heterocycles. The third-order valence-corrected chi connectivity index (χ3v) is 5.25. The maximum atomic E-state index is 12.3. The molecule has 1 aliphatic carbocycles. The fourth-order valence-electron chi connectivity index (χ4n) is 3.93. The molecule has 1 fully saturated rings. The number of hydrogen-bond acceptors (Lipinski definition) is 2. The van der Waals surface area contributed by atoms with Crippen LogP contribution >= 0.6 is 0 Å². The second kappa shape index (κ2) is 6.74. The number of piperidine rings is 1. The van der Waals surface area contributed by atoms with Gasteiger partial charge >= 0.3 is 0 Å². The molecule has 2 aliphatic rings. The van der Waals surface area contributed by atoms with Crippen molar-refractivity contribution in [1.82, 2.24) is 5.32 Å². The maximum Gasteiger partial charge on any atom is 0.137 e. The fourth-order valence-corrected chi connectivity index (χ4v) is 3.93. The summed E-state index contributed by atoms with van der Waals surface area (Å²) in [6, 6.07) is 6.67. The normalized spacial score (nSPS) is 22.8. The third-order valence-electron chi connectivity index (χ3n) is 5.25. The number of ketones is 1. The molecule has 3 rings (SSSR count). The summed E-state index contributed by atoms with van der Waals surface area (Å²) in [5.74, 6) is 1.61. The lowest BCUT2D eigenvalue weighted by Gasteiger charge is -2.28. The molecule has 0 spiro atoms. The number of fused-ring (bicyclic) bond motifs is 1. The first-order valence-electron chi connectivity index (χ1n) is 8.55. The molecule has 2 nitrogen and oxygen atoms in total. The Morgan fingerprint density at radius 3 is 2.95 bits per heavy atom. The van der Waals surface area contributed by atoms with Crippen molar-refractivity contribution in [1.29, 1.82) is 0 Å². The highest BCUT2D eigenvalue weighted by molar-refractivity contribution is 5.81. The smallest absolute Gasteiger partial charge is 0.137 e. The van der Waals surface area contributed by atoms with Crippen LogP contribution in [0, 0.1) is 11.8 Å². The van der Waals surface area contributed by atoms with E-state index in [4.69, 9.17) is 0 Å². The van der Waals surface area contributed by atoms with Crippen LogP contribution in [0.4, 0.5) is 0 Å². The first kappa shape index (κ1) is 14.8. The zero-order valence-electron chi connectivity index (χ0n) is 13.2. The molecule has 1 aromatic rings. The Bertz CT molecular complexity index is 502. The second-order valence-electron chi connectivity index (χ2n) is 6.96. The van der Waals surface area contributed by atoms with Gasteiger partial charge in [0.05, 0.1) is 0 Å². The summed E-state index contributed by atoms with van der Waals surface area (Å²) >= 11 is 0. The van der Waals surface area contributed by atoms with Gasteiger partial charge in [0.1, 0.15) is 5.78 Å². The van der Waals surface area contributed by atoms with Gasteiger partial charge < -0.3 is 5.32 Å². The van der Waals surface area contributed by atoms with E-state index in [9.17, 15) is 4.79 Å². The lowest BCUT2D eigenvalue weighted by atomic mass is 9.83. The summed E-state index contributed by atoms with van der Waals surface area (Å²) in [7, 11) is 0. The number of hydrogen-bond donors (Lipinski definition) is 1. The van der Waals surface area contributed by atoms with Crippen LogP contribution < -0.4 is 5.32 Å². The average molecular weight is 285 g/mol. The van der Waals surface area contributed by atoms with E-state index < -0.39 is 0 Å². The molecule has 0 saturated carbocycles. The van der Waals surface area contributed by atoms with Crippen molar-refractivity contribution >= 4 is 5.78 Å². The van der Waals surface area contributed by atoms with Crippen molar-refractivity contribution in [3.05, 3.63) is 34.9 Å².